The summed E-state index contributed by atoms with van der Waals surface area (Å²) in [6, 6.07) is 12.0. The summed E-state index contributed by atoms with van der Waals surface area (Å²) in [4.78, 5) is 23.5. The zero-order valence-electron chi connectivity index (χ0n) is 15.0. The van der Waals surface area contributed by atoms with E-state index < -0.39 is 0 Å². The highest BCUT2D eigenvalue weighted by atomic mass is 16.5. The molecule has 0 atom stereocenters. The standard InChI is InChI=1S/C19H22N2O5/c1-24-15-8-9-16(17(12-15)25-2)21-18(22)10-11-20-14-6-4-13(5-7-14)19(23)26-3/h4-9,12,20H,10-11H2,1-3H3,(H,21,22). The average molecular weight is 358 g/mol. The van der Waals surface area contributed by atoms with Crippen LogP contribution >= 0.6 is 0 Å². The smallest absolute Gasteiger partial charge is 0.337 e. The van der Waals surface area contributed by atoms with Crippen molar-refractivity contribution >= 4 is 23.3 Å². The van der Waals surface area contributed by atoms with Crippen LogP contribution in [0.4, 0.5) is 11.4 Å². The number of rotatable bonds is 8. The van der Waals surface area contributed by atoms with Gasteiger partial charge in [-0.15, -0.1) is 0 Å². The van der Waals surface area contributed by atoms with Crippen molar-refractivity contribution in [2.75, 3.05) is 38.5 Å². The Morgan fingerprint density at radius 1 is 0.962 bits per heavy atom. The zero-order chi connectivity index (χ0) is 18.9. The van der Waals surface area contributed by atoms with Crippen molar-refractivity contribution in [3.05, 3.63) is 48.0 Å². The Labute approximate surface area is 152 Å². The average Bonchev–Trinajstić information content (AvgIpc) is 2.68. The van der Waals surface area contributed by atoms with E-state index in [2.05, 4.69) is 15.4 Å². The van der Waals surface area contributed by atoms with E-state index in [4.69, 9.17) is 9.47 Å². The highest BCUT2D eigenvalue weighted by molar-refractivity contribution is 5.92. The van der Waals surface area contributed by atoms with Gasteiger partial charge >= 0.3 is 5.97 Å². The van der Waals surface area contributed by atoms with Gasteiger partial charge in [0.25, 0.3) is 0 Å². The second-order valence-electron chi connectivity index (χ2n) is 5.36. The van der Waals surface area contributed by atoms with E-state index in [1.54, 1.807) is 49.6 Å². The molecular formula is C19H22N2O5. The number of anilines is 2. The number of benzene rings is 2. The fraction of sp³-hybridized carbons (Fsp3) is 0.263. The fourth-order valence-electron chi connectivity index (χ4n) is 2.28. The van der Waals surface area contributed by atoms with Crippen molar-refractivity contribution in [1.82, 2.24) is 0 Å². The van der Waals surface area contributed by atoms with Crippen LogP contribution < -0.4 is 20.1 Å². The van der Waals surface area contributed by atoms with Crippen molar-refractivity contribution in [3.8, 4) is 11.5 Å². The van der Waals surface area contributed by atoms with Gasteiger partial charge in [-0.3, -0.25) is 4.79 Å². The van der Waals surface area contributed by atoms with Gasteiger partial charge in [0.15, 0.2) is 0 Å². The van der Waals surface area contributed by atoms with E-state index in [0.717, 1.165) is 5.69 Å². The van der Waals surface area contributed by atoms with Gasteiger partial charge in [-0.1, -0.05) is 0 Å². The minimum absolute atomic E-state index is 0.146. The summed E-state index contributed by atoms with van der Waals surface area (Å²) in [5.41, 5.74) is 1.87. The lowest BCUT2D eigenvalue weighted by Crippen LogP contribution is -2.16. The molecule has 0 bridgehead atoms. The molecule has 0 aliphatic heterocycles. The molecule has 0 unspecified atom stereocenters. The van der Waals surface area contributed by atoms with E-state index in [0.29, 0.717) is 29.3 Å². The van der Waals surface area contributed by atoms with Crippen molar-refractivity contribution < 1.29 is 23.8 Å². The van der Waals surface area contributed by atoms with Gasteiger partial charge < -0.3 is 24.8 Å². The summed E-state index contributed by atoms with van der Waals surface area (Å²) in [7, 11) is 4.44. The predicted octanol–water partition coefficient (Wildman–Crippen LogP) is 2.93. The summed E-state index contributed by atoms with van der Waals surface area (Å²) in [5, 5.41) is 5.94. The Bertz CT molecular complexity index is 759. The van der Waals surface area contributed by atoms with Crippen LogP contribution in [0.1, 0.15) is 16.8 Å². The summed E-state index contributed by atoms with van der Waals surface area (Å²) >= 11 is 0. The maximum Gasteiger partial charge on any atom is 0.337 e. The Morgan fingerprint density at radius 3 is 2.31 bits per heavy atom. The van der Waals surface area contributed by atoms with Crippen LogP contribution in [-0.4, -0.2) is 39.8 Å². The number of hydrogen-bond donors (Lipinski definition) is 2. The molecular weight excluding hydrogens is 336 g/mol. The molecule has 0 radical (unpaired) electrons. The molecule has 0 aromatic heterocycles. The van der Waals surface area contributed by atoms with Crippen LogP contribution in [0.2, 0.25) is 0 Å². The van der Waals surface area contributed by atoms with Gasteiger partial charge in [0.2, 0.25) is 5.91 Å². The first-order valence-electron chi connectivity index (χ1n) is 8.01. The number of hydrogen-bond acceptors (Lipinski definition) is 6. The van der Waals surface area contributed by atoms with Crippen LogP contribution in [0, 0.1) is 0 Å². The summed E-state index contributed by atoms with van der Waals surface area (Å²) in [6.45, 7) is 0.446. The molecule has 2 aromatic rings. The van der Waals surface area contributed by atoms with Crippen molar-refractivity contribution in [1.29, 1.82) is 0 Å². The predicted molar refractivity (Wildman–Crippen MR) is 99.1 cm³/mol. The molecule has 138 valence electrons. The lowest BCUT2D eigenvalue weighted by Gasteiger charge is -2.12. The Kier molecular flexibility index (Phi) is 6.84. The molecule has 0 aliphatic carbocycles. The lowest BCUT2D eigenvalue weighted by atomic mass is 10.2. The molecule has 2 rings (SSSR count). The maximum absolute atomic E-state index is 12.1. The van der Waals surface area contributed by atoms with Crippen LogP contribution in [0.25, 0.3) is 0 Å². The topological polar surface area (TPSA) is 85.9 Å². The van der Waals surface area contributed by atoms with Crippen molar-refractivity contribution in [2.24, 2.45) is 0 Å². The quantitative estimate of drug-likeness (QED) is 0.706. The van der Waals surface area contributed by atoms with Gasteiger partial charge in [0.1, 0.15) is 11.5 Å². The highest BCUT2D eigenvalue weighted by Crippen LogP contribution is 2.29. The van der Waals surface area contributed by atoms with E-state index in [1.807, 2.05) is 0 Å². The molecule has 0 aliphatic rings. The van der Waals surface area contributed by atoms with Crippen LogP contribution in [0.3, 0.4) is 0 Å². The van der Waals surface area contributed by atoms with Gasteiger partial charge in [0.05, 0.1) is 32.6 Å². The van der Waals surface area contributed by atoms with Crippen molar-refractivity contribution in [2.45, 2.75) is 6.42 Å². The first-order chi connectivity index (χ1) is 12.6. The molecule has 0 spiro atoms. The minimum atomic E-state index is -0.385. The molecule has 2 aromatic carbocycles. The molecule has 7 heteroatoms. The summed E-state index contributed by atoms with van der Waals surface area (Å²) < 4.78 is 15.0. The SMILES string of the molecule is COC(=O)c1ccc(NCCC(=O)Nc2ccc(OC)cc2OC)cc1. The number of ether oxygens (including phenoxy) is 3. The molecule has 2 N–H and O–H groups in total. The van der Waals surface area contributed by atoms with E-state index in [-0.39, 0.29) is 18.3 Å². The minimum Gasteiger partial charge on any atom is -0.497 e. The van der Waals surface area contributed by atoms with Crippen molar-refractivity contribution in [3.63, 3.8) is 0 Å². The molecule has 0 saturated heterocycles. The van der Waals surface area contributed by atoms with Crippen LogP contribution in [-0.2, 0) is 9.53 Å². The Balaban J connectivity index is 1.84. The van der Waals surface area contributed by atoms with Crippen LogP contribution in [0.15, 0.2) is 42.5 Å². The summed E-state index contributed by atoms with van der Waals surface area (Å²) in [5.74, 6) is 0.650. The maximum atomic E-state index is 12.1. The molecule has 0 heterocycles. The second kappa shape index (κ2) is 9.31. The number of esters is 1. The van der Waals surface area contributed by atoms with Gasteiger partial charge in [-0.05, 0) is 36.4 Å². The third-order valence-electron chi connectivity index (χ3n) is 3.67. The first-order valence-corrected chi connectivity index (χ1v) is 8.01. The zero-order valence-corrected chi connectivity index (χ0v) is 15.0. The van der Waals surface area contributed by atoms with Gasteiger partial charge in [-0.2, -0.15) is 0 Å². The third-order valence-corrected chi connectivity index (χ3v) is 3.67. The largest absolute Gasteiger partial charge is 0.497 e. The molecule has 1 amide bonds. The number of carbonyl (C=O) groups is 2. The normalized spacial score (nSPS) is 9.96. The number of nitrogens with one attached hydrogen (secondary N) is 2. The lowest BCUT2D eigenvalue weighted by molar-refractivity contribution is -0.116. The molecule has 7 nitrogen and oxygen atoms in total. The fourth-order valence-corrected chi connectivity index (χ4v) is 2.28. The number of carbonyl (C=O) groups excluding carboxylic acids is 2. The van der Waals surface area contributed by atoms with E-state index in [9.17, 15) is 9.59 Å². The molecule has 26 heavy (non-hydrogen) atoms. The molecule has 0 fully saturated rings. The Morgan fingerprint density at radius 2 is 1.69 bits per heavy atom. The number of amides is 1. The monoisotopic (exact) mass is 358 g/mol. The van der Waals surface area contributed by atoms with Crippen LogP contribution in [0.5, 0.6) is 11.5 Å². The Hall–Kier alpha value is -3.22. The third kappa shape index (κ3) is 5.14. The highest BCUT2D eigenvalue weighted by Gasteiger charge is 2.09. The summed E-state index contributed by atoms with van der Waals surface area (Å²) in [6.07, 6.45) is 0.272. The van der Waals surface area contributed by atoms with E-state index >= 15 is 0 Å². The van der Waals surface area contributed by atoms with Gasteiger partial charge in [0, 0.05) is 24.7 Å². The first kappa shape index (κ1) is 19.1. The second-order valence-corrected chi connectivity index (χ2v) is 5.36. The number of methoxy groups -OCH3 is 3. The van der Waals surface area contributed by atoms with E-state index in [1.165, 1.54) is 14.2 Å². The molecule has 0 saturated carbocycles. The van der Waals surface area contributed by atoms with Gasteiger partial charge in [-0.25, -0.2) is 4.79 Å².